The highest BCUT2D eigenvalue weighted by Gasteiger charge is 2.58. The molecule has 2 saturated carbocycles. The lowest BCUT2D eigenvalue weighted by Crippen LogP contribution is -2.66. The number of allylic oxidation sites excluding steroid dienone is 7. The van der Waals surface area contributed by atoms with Gasteiger partial charge in [0.05, 0.1) is 6.04 Å². The molecule has 89 heavy (non-hydrogen) atoms. The first-order valence-electron chi connectivity index (χ1n) is 33.9. The molecular weight excluding hydrogens is 1080 g/mol. The van der Waals surface area contributed by atoms with Gasteiger partial charge in [0.1, 0.15) is 0 Å². The summed E-state index contributed by atoms with van der Waals surface area (Å²) in [6.45, 7) is 5.88. The van der Waals surface area contributed by atoms with Crippen molar-refractivity contribution < 1.29 is 0 Å². The average Bonchev–Trinajstić information content (AvgIpc) is 1.55. The van der Waals surface area contributed by atoms with Gasteiger partial charge in [0, 0.05) is 104 Å². The van der Waals surface area contributed by atoms with Gasteiger partial charge < -0.3 is 29.4 Å². The van der Waals surface area contributed by atoms with Crippen LogP contribution in [0.2, 0.25) is 11.6 Å². The van der Waals surface area contributed by atoms with Gasteiger partial charge in [-0.1, -0.05) is 185 Å². The molecule has 7 unspecified atom stereocenters. The molecule has 8 aromatic rings. The maximum Gasteiger partial charge on any atom is 0.249 e. The summed E-state index contributed by atoms with van der Waals surface area (Å²) in [6, 6.07) is 78.2. The maximum atomic E-state index is 2.90. The molecule has 8 heteroatoms. The molecular formula is C81H80B2N6. The Balaban J connectivity index is 0.947. The smallest absolute Gasteiger partial charge is 0.249 e. The van der Waals surface area contributed by atoms with E-state index in [2.05, 4.69) is 280 Å². The van der Waals surface area contributed by atoms with E-state index in [-0.39, 0.29) is 25.3 Å². The topological polar surface area (TPSA) is 19.4 Å². The molecule has 5 aliphatic carbocycles. The number of rotatable bonds is 10. The van der Waals surface area contributed by atoms with Crippen LogP contribution in [-0.4, -0.2) is 31.6 Å². The summed E-state index contributed by atoms with van der Waals surface area (Å²) < 4.78 is 0. The SMILES string of the molecule is CC1CC=C(N(C2=CC3C4B(c5cc6c(cc5N3C3=CC=CCC3)N(c3ccccc3)Cc3cc(N(c5ccccc5)C5CCCC(C)C5)cc5c3B6c3ccccc3N5c3ccccc3)C3CCCCC3N(c3ccccc3)C4=C2)c2ccccc2)CC1. The van der Waals surface area contributed by atoms with Gasteiger partial charge in [-0.25, -0.2) is 0 Å². The molecule has 6 nitrogen and oxygen atoms in total. The van der Waals surface area contributed by atoms with Crippen LogP contribution in [0.25, 0.3) is 0 Å². The van der Waals surface area contributed by atoms with Crippen LogP contribution in [0.3, 0.4) is 0 Å². The van der Waals surface area contributed by atoms with E-state index >= 15 is 0 Å². The highest BCUT2D eigenvalue weighted by atomic mass is 15.3. The van der Waals surface area contributed by atoms with Gasteiger partial charge in [-0.15, -0.1) is 0 Å². The molecule has 0 N–H and O–H groups in total. The third-order valence-electron chi connectivity index (χ3n) is 22.1. The van der Waals surface area contributed by atoms with Gasteiger partial charge in [-0.2, -0.15) is 0 Å². The van der Waals surface area contributed by atoms with E-state index in [9.17, 15) is 0 Å². The Bertz CT molecular complexity index is 4120. The minimum absolute atomic E-state index is 0.0348. The molecule has 7 atom stereocenters. The Labute approximate surface area is 529 Å². The molecule has 0 amide bonds. The first-order chi connectivity index (χ1) is 44.0. The Morgan fingerprint density at radius 1 is 0.539 bits per heavy atom. The zero-order valence-corrected chi connectivity index (χ0v) is 51.8. The second-order valence-corrected chi connectivity index (χ2v) is 27.4. The van der Waals surface area contributed by atoms with E-state index in [1.165, 1.54) is 165 Å². The summed E-state index contributed by atoms with van der Waals surface area (Å²) in [5, 5.41) is 0. The summed E-state index contributed by atoms with van der Waals surface area (Å²) in [7, 11) is 0. The lowest BCUT2D eigenvalue weighted by molar-refractivity contribution is 0.341. The molecule has 440 valence electrons. The quantitative estimate of drug-likeness (QED) is 0.126. The standard InChI is InChI=1S/C81H80B2N6/c1-56-44-46-65(47-45-56)85(60-29-11-4-12-30-60)68-51-78-81-79(52-68)89(64-37-19-8-20-38-64)76-54-75-71(53-72(76)83(81)70-41-22-24-43-74(70)88(78)63-35-17-7-18-36-63)82-69-40-21-23-42-73(69)87(62-33-15-6-16-34-62)77-50-67(49-58(80(77)82)55-84(75)59-27-9-3-10-28-59)86(61-31-13-5-14-32-61)66-39-25-26-57(2)48-66/h3-19,21,23,27-37,40,42,46,49-54,56-57,66,70,74,79,81H,20,22,24-26,38-39,41,43-45,47-48,55H2,1-2H3. The van der Waals surface area contributed by atoms with Crippen LogP contribution < -0.4 is 51.3 Å². The van der Waals surface area contributed by atoms with E-state index in [0.29, 0.717) is 29.7 Å². The number of hydrogen-bond acceptors (Lipinski definition) is 6. The fourth-order valence-corrected chi connectivity index (χ4v) is 18.3. The highest BCUT2D eigenvalue weighted by molar-refractivity contribution is 6.99. The molecule has 0 bridgehead atoms. The lowest BCUT2D eigenvalue weighted by Gasteiger charge is -2.60. The van der Waals surface area contributed by atoms with E-state index in [1.54, 1.807) is 0 Å². The van der Waals surface area contributed by atoms with E-state index in [4.69, 9.17) is 0 Å². The number of anilines is 10. The predicted molar refractivity (Wildman–Crippen MR) is 377 cm³/mol. The van der Waals surface area contributed by atoms with E-state index < -0.39 is 0 Å². The molecule has 8 aromatic carbocycles. The van der Waals surface area contributed by atoms with Crippen LogP contribution in [0.5, 0.6) is 0 Å². The van der Waals surface area contributed by atoms with Gasteiger partial charge >= 0.3 is 0 Å². The van der Waals surface area contributed by atoms with Crippen molar-refractivity contribution in [2.75, 3.05) is 29.4 Å². The monoisotopic (exact) mass is 1160 g/mol. The first kappa shape index (κ1) is 54.5. The van der Waals surface area contributed by atoms with Gasteiger partial charge in [0.2, 0.25) is 6.71 Å². The van der Waals surface area contributed by atoms with Crippen molar-refractivity contribution in [2.24, 2.45) is 11.8 Å². The number of hydrogen-bond donors (Lipinski definition) is 0. The van der Waals surface area contributed by atoms with Crippen LogP contribution in [-0.2, 0) is 6.54 Å². The highest BCUT2D eigenvalue weighted by Crippen LogP contribution is 2.58. The molecule has 3 fully saturated rings. The lowest BCUT2D eigenvalue weighted by atomic mass is 9.23. The summed E-state index contributed by atoms with van der Waals surface area (Å²) >= 11 is 0. The van der Waals surface area contributed by atoms with Crippen LogP contribution in [0.4, 0.5) is 56.9 Å². The second kappa shape index (κ2) is 22.8. The van der Waals surface area contributed by atoms with Gasteiger partial charge in [-0.3, -0.25) is 0 Å². The summed E-state index contributed by atoms with van der Waals surface area (Å²) in [5.41, 5.74) is 25.6. The minimum atomic E-state index is -0.0348. The number of para-hydroxylation sites is 6. The Morgan fingerprint density at radius 2 is 1.25 bits per heavy atom. The minimum Gasteiger partial charge on any atom is -0.343 e. The third kappa shape index (κ3) is 9.36. The van der Waals surface area contributed by atoms with Gasteiger partial charge in [-0.05, 0) is 194 Å². The predicted octanol–water partition coefficient (Wildman–Crippen LogP) is 17.7. The number of nitrogens with zero attached hydrogens (tertiary/aromatic N) is 6. The first-order valence-corrected chi connectivity index (χ1v) is 33.9. The fourth-order valence-electron chi connectivity index (χ4n) is 18.3. The molecule has 9 aliphatic rings. The van der Waals surface area contributed by atoms with Crippen molar-refractivity contribution >= 4 is 92.2 Å². The van der Waals surface area contributed by atoms with Gasteiger partial charge in [0.15, 0.2) is 6.71 Å². The van der Waals surface area contributed by atoms with Crippen LogP contribution in [0.15, 0.2) is 259 Å². The largest absolute Gasteiger partial charge is 0.343 e. The molecule has 0 radical (unpaired) electrons. The zero-order chi connectivity index (χ0) is 59.1. The molecule has 0 aromatic heterocycles. The van der Waals surface area contributed by atoms with Crippen molar-refractivity contribution in [3.63, 3.8) is 0 Å². The van der Waals surface area contributed by atoms with Crippen molar-refractivity contribution in [2.45, 2.75) is 134 Å². The molecule has 1 saturated heterocycles. The van der Waals surface area contributed by atoms with Crippen LogP contribution in [0.1, 0.15) is 103 Å². The van der Waals surface area contributed by atoms with Gasteiger partial charge in [0.25, 0.3) is 0 Å². The summed E-state index contributed by atoms with van der Waals surface area (Å²) in [4.78, 5) is 16.6. The van der Waals surface area contributed by atoms with Crippen molar-refractivity contribution in [3.05, 3.63) is 265 Å². The van der Waals surface area contributed by atoms with Crippen LogP contribution in [0, 0.1) is 11.8 Å². The number of fused-ring (bicyclic) bond motifs is 8. The Morgan fingerprint density at radius 3 is 1.98 bits per heavy atom. The summed E-state index contributed by atoms with van der Waals surface area (Å²) in [5.74, 6) is 2.00. The molecule has 4 aliphatic heterocycles. The van der Waals surface area contributed by atoms with Crippen LogP contribution >= 0.6 is 0 Å². The van der Waals surface area contributed by atoms with Crippen molar-refractivity contribution in [1.82, 2.24) is 0 Å². The van der Waals surface area contributed by atoms with Crippen molar-refractivity contribution in [1.29, 1.82) is 0 Å². The fraction of sp³-hybridized carbons (Fsp3) is 0.284. The van der Waals surface area contributed by atoms with E-state index in [0.717, 1.165) is 32.2 Å². The third-order valence-corrected chi connectivity index (χ3v) is 22.1. The molecule has 0 spiro atoms. The Kier molecular flexibility index (Phi) is 13.9. The average molecular weight is 1160 g/mol. The van der Waals surface area contributed by atoms with E-state index in [1.807, 2.05) is 0 Å². The number of benzene rings is 8. The normalized spacial score (nSPS) is 23.9. The zero-order valence-electron chi connectivity index (χ0n) is 51.8. The maximum absolute atomic E-state index is 2.90. The second-order valence-electron chi connectivity index (χ2n) is 27.4. The van der Waals surface area contributed by atoms with Crippen molar-refractivity contribution in [3.8, 4) is 0 Å². The summed E-state index contributed by atoms with van der Waals surface area (Å²) in [6.07, 6.45) is 30.4. The Hall–Kier alpha value is -8.61. The molecule has 17 rings (SSSR count). The molecule has 4 heterocycles.